The molecule has 13 N–H and O–H groups in total. The van der Waals surface area contributed by atoms with E-state index in [-0.39, 0.29) is 44.2 Å². The lowest BCUT2D eigenvalue weighted by molar-refractivity contribution is -0.333. The van der Waals surface area contributed by atoms with Crippen LogP contribution in [0, 0.1) is 0 Å². The summed E-state index contributed by atoms with van der Waals surface area (Å²) in [6.45, 7) is -0.375. The number of pyridine rings is 1. The Kier molecular flexibility index (Phi) is 16.8. The van der Waals surface area contributed by atoms with Crippen LogP contribution in [0.1, 0.15) is 80.9 Å². The SMILES string of the molecule is N[C@@H]1[C@@H](O)[C@H](CO)OC(O[C@H]2[C@H](O)C(O[C@@H]3O[C@@H](CCC(=O)CCCCc4cc(Cl)c(COC5(c6cnccc6-c6ccccc6OC6CC6)CC5)cc4Cl)[C@H](O)[C@@H](O)[C@@H]3O)[C@H](N)C[C@@H]2N)[C@H]1O. The number of para-hydroxylation sites is 1. The number of aliphatic hydroxyl groups excluding tert-OH is 7. The number of unbranched alkanes of at least 4 members (excludes halogenated alkanes) is 1. The molecule has 2 saturated heterocycles. The molecule has 374 valence electrons. The molecule has 5 fully saturated rings. The van der Waals surface area contributed by atoms with Gasteiger partial charge in [-0.3, -0.25) is 9.78 Å². The second-order valence-electron chi connectivity index (χ2n) is 18.9. The zero-order chi connectivity index (χ0) is 48.4. The first-order valence-electron chi connectivity index (χ1n) is 23.5. The predicted octanol–water partition coefficient (Wildman–Crippen LogP) is 1.63. The van der Waals surface area contributed by atoms with Gasteiger partial charge in [-0.1, -0.05) is 41.4 Å². The highest BCUT2D eigenvalue weighted by Gasteiger charge is 2.52. The number of halogens is 2. The van der Waals surface area contributed by atoms with Gasteiger partial charge in [0.15, 0.2) is 12.6 Å². The number of carbonyl (C=O) groups excluding carboxylic acids is 1. The number of benzene rings is 2. The average Bonchev–Trinajstić information content (AvgIpc) is 4.28. The van der Waals surface area contributed by atoms with Gasteiger partial charge in [-0.25, -0.2) is 0 Å². The number of aromatic nitrogens is 1. The van der Waals surface area contributed by atoms with E-state index in [2.05, 4.69) is 11.1 Å². The van der Waals surface area contributed by atoms with Crippen LogP contribution in [0.3, 0.4) is 0 Å². The maximum Gasteiger partial charge on any atom is 0.187 e. The first kappa shape index (κ1) is 51.4. The normalized spacial score (nSPS) is 34.7. The van der Waals surface area contributed by atoms with Crippen molar-refractivity contribution in [3.63, 3.8) is 0 Å². The van der Waals surface area contributed by atoms with Crippen LogP contribution in [-0.4, -0.2) is 151 Å². The van der Waals surface area contributed by atoms with Crippen molar-refractivity contribution >= 4 is 29.0 Å². The summed E-state index contributed by atoms with van der Waals surface area (Å²) >= 11 is 13.6. The summed E-state index contributed by atoms with van der Waals surface area (Å²) in [6.07, 6.45) is -7.83. The Morgan fingerprint density at radius 2 is 1.43 bits per heavy atom. The van der Waals surface area contributed by atoms with E-state index in [1.54, 1.807) is 6.20 Å². The number of aryl methyl sites for hydroxylation is 1. The topological polar surface area (TPSA) is 305 Å². The number of rotatable bonds is 20. The number of aliphatic hydroxyl groups is 7. The molecule has 0 spiro atoms. The van der Waals surface area contributed by atoms with E-state index in [1.807, 2.05) is 42.6 Å². The number of Topliss-reactive ketones (excluding diaryl/α,β-unsaturated/α-hetero) is 1. The number of nitrogens with zero attached hydrogens (tertiary/aromatic N) is 1. The highest BCUT2D eigenvalue weighted by atomic mass is 35.5. The molecule has 2 unspecified atom stereocenters. The molecule has 2 aliphatic heterocycles. The molecule has 3 aliphatic carbocycles. The monoisotopic (exact) mass is 990 g/mol. The molecule has 3 saturated carbocycles. The van der Waals surface area contributed by atoms with Crippen molar-refractivity contribution in [2.75, 3.05) is 6.61 Å². The van der Waals surface area contributed by atoms with Gasteiger partial charge in [0.1, 0.15) is 66.5 Å². The maximum absolute atomic E-state index is 13.1. The summed E-state index contributed by atoms with van der Waals surface area (Å²) in [6, 6.07) is 10.7. The molecule has 2 aromatic carbocycles. The molecule has 3 aromatic rings. The molecule has 68 heavy (non-hydrogen) atoms. The number of ether oxygens (including phenoxy) is 6. The second kappa shape index (κ2) is 22.2. The van der Waals surface area contributed by atoms with Gasteiger partial charge in [-0.2, -0.15) is 0 Å². The third-order valence-corrected chi connectivity index (χ3v) is 14.5. The van der Waals surface area contributed by atoms with Crippen LogP contribution in [0.5, 0.6) is 5.75 Å². The molecule has 0 amide bonds. The van der Waals surface area contributed by atoms with Crippen LogP contribution in [0.4, 0.5) is 0 Å². The number of carbonyl (C=O) groups is 1. The molecule has 0 radical (unpaired) electrons. The van der Waals surface area contributed by atoms with Crippen LogP contribution in [0.2, 0.25) is 10.0 Å². The minimum atomic E-state index is -1.77. The van der Waals surface area contributed by atoms with E-state index < -0.39 is 104 Å². The molecule has 8 rings (SSSR count). The van der Waals surface area contributed by atoms with E-state index >= 15 is 0 Å². The molecule has 3 heterocycles. The maximum atomic E-state index is 13.1. The largest absolute Gasteiger partial charge is 0.490 e. The van der Waals surface area contributed by atoms with Gasteiger partial charge in [-0.15, -0.1) is 0 Å². The zero-order valence-electron chi connectivity index (χ0n) is 37.5. The minimum absolute atomic E-state index is 0.00690. The Balaban J connectivity index is 0.800. The van der Waals surface area contributed by atoms with Crippen LogP contribution < -0.4 is 21.9 Å². The number of hydrogen-bond acceptors (Lipinski definition) is 18. The Hall–Kier alpha value is -2.96. The van der Waals surface area contributed by atoms with Crippen LogP contribution in [0.15, 0.2) is 54.9 Å². The Morgan fingerprint density at radius 3 is 2.12 bits per heavy atom. The fraction of sp³-hybridized carbons (Fsp3) is 0.625. The number of ketones is 1. The van der Waals surface area contributed by atoms with Crippen molar-refractivity contribution < 1.29 is 69.0 Å². The quantitative estimate of drug-likeness (QED) is 0.0720. The second-order valence-corrected chi connectivity index (χ2v) is 19.7. The van der Waals surface area contributed by atoms with Crippen LogP contribution in [-0.2, 0) is 47.1 Å². The van der Waals surface area contributed by atoms with Crippen molar-refractivity contribution in [1.29, 1.82) is 0 Å². The summed E-state index contributed by atoms with van der Waals surface area (Å²) in [5.74, 6) is 0.745. The molecule has 15 atom stereocenters. The predicted molar refractivity (Wildman–Crippen MR) is 246 cm³/mol. The third-order valence-electron chi connectivity index (χ3n) is 13.8. The Bertz CT molecular complexity index is 2190. The molecular weight excluding hydrogens is 927 g/mol. The molecule has 5 aliphatic rings. The van der Waals surface area contributed by atoms with Gasteiger partial charge in [0.2, 0.25) is 0 Å². The minimum Gasteiger partial charge on any atom is -0.490 e. The Morgan fingerprint density at radius 1 is 0.765 bits per heavy atom. The van der Waals surface area contributed by atoms with E-state index in [0.29, 0.717) is 29.3 Å². The van der Waals surface area contributed by atoms with E-state index in [4.69, 9.17) is 68.8 Å². The first-order chi connectivity index (χ1) is 32.6. The standard InChI is InChI=1S/C48H64Cl2N4O14/c49-30-18-24(22-63-48(14-15-48)29-20-54-16-13-27(29)28-7-3-4-8-34(28)64-26-10-11-26)31(50)17-23(30)5-1-2-6-25(56)9-12-35-39(58)41(60)42(61)47(65-35)68-45-33(52)19-32(51)44(43(45)62)67-46-40(59)37(53)38(57)36(21-55)66-46/h3-4,7-8,13,16-18,20,26,32-33,35-47,55,57-62H,1-2,5-6,9-12,14-15,19,21-22,51-53H2/t32-,33+,35-,36-,37+,38-,39-,40-,41+,42-,43-,44+,45?,46?,47-/m0/s1. The number of nitrogens with two attached hydrogens (primary N) is 3. The smallest absolute Gasteiger partial charge is 0.187 e. The lowest BCUT2D eigenvalue weighted by Gasteiger charge is -2.48. The highest BCUT2D eigenvalue weighted by Crippen LogP contribution is 2.53. The summed E-state index contributed by atoms with van der Waals surface area (Å²) in [5.41, 5.74) is 22.6. The summed E-state index contributed by atoms with van der Waals surface area (Å²) in [7, 11) is 0. The fourth-order valence-electron chi connectivity index (χ4n) is 9.41. The highest BCUT2D eigenvalue weighted by molar-refractivity contribution is 6.34. The molecular formula is C48H64Cl2N4O14. The average molecular weight is 992 g/mol. The van der Waals surface area contributed by atoms with E-state index in [0.717, 1.165) is 59.3 Å². The van der Waals surface area contributed by atoms with Gasteiger partial charge in [0, 0.05) is 58.5 Å². The van der Waals surface area contributed by atoms with E-state index in [1.165, 1.54) is 0 Å². The molecule has 0 bridgehead atoms. The molecule has 20 heteroatoms. The fourth-order valence-corrected chi connectivity index (χ4v) is 9.93. The molecule has 18 nitrogen and oxygen atoms in total. The van der Waals surface area contributed by atoms with Crippen molar-refractivity contribution in [2.45, 2.75) is 181 Å². The third kappa shape index (κ3) is 11.5. The van der Waals surface area contributed by atoms with E-state index in [9.17, 15) is 40.5 Å². The summed E-state index contributed by atoms with van der Waals surface area (Å²) in [5, 5.41) is 75.3. The van der Waals surface area contributed by atoms with Gasteiger partial charge < -0.3 is 81.4 Å². The summed E-state index contributed by atoms with van der Waals surface area (Å²) in [4.78, 5) is 17.5. The van der Waals surface area contributed by atoms with Crippen LogP contribution >= 0.6 is 23.2 Å². The van der Waals surface area contributed by atoms with Crippen molar-refractivity contribution in [3.8, 4) is 16.9 Å². The van der Waals surface area contributed by atoms with Gasteiger partial charge in [-0.05, 0) is 98.7 Å². The Labute approximate surface area is 404 Å². The zero-order valence-corrected chi connectivity index (χ0v) is 39.1. The first-order valence-corrected chi connectivity index (χ1v) is 24.3. The summed E-state index contributed by atoms with van der Waals surface area (Å²) < 4.78 is 36.0. The lowest BCUT2D eigenvalue weighted by Crippen LogP contribution is -2.68. The van der Waals surface area contributed by atoms with Gasteiger partial charge >= 0.3 is 0 Å². The molecule has 1 aromatic heterocycles. The van der Waals surface area contributed by atoms with Gasteiger partial charge in [0.05, 0.1) is 37.1 Å². The van der Waals surface area contributed by atoms with Crippen molar-refractivity contribution in [3.05, 3.63) is 81.6 Å². The lowest BCUT2D eigenvalue weighted by atomic mass is 9.84. The van der Waals surface area contributed by atoms with Gasteiger partial charge in [0.25, 0.3) is 0 Å². The van der Waals surface area contributed by atoms with Crippen molar-refractivity contribution in [2.24, 2.45) is 17.2 Å². The number of hydrogen-bond donors (Lipinski definition) is 10. The van der Waals surface area contributed by atoms with Crippen LogP contribution in [0.25, 0.3) is 11.1 Å². The van der Waals surface area contributed by atoms with Crippen molar-refractivity contribution in [1.82, 2.24) is 4.98 Å².